The van der Waals surface area contributed by atoms with Gasteiger partial charge in [0.2, 0.25) is 0 Å². The smallest absolute Gasteiger partial charge is 0.319 e. The molecule has 0 atom stereocenters. The molecule has 0 saturated carbocycles. The number of rotatable bonds is 7. The second kappa shape index (κ2) is 9.23. The third-order valence-corrected chi connectivity index (χ3v) is 4.67. The molecule has 1 aromatic heterocycles. The second-order valence-corrected chi connectivity index (χ2v) is 7.06. The Balaban J connectivity index is 1.51. The lowest BCUT2D eigenvalue weighted by atomic mass is 10.1. The summed E-state index contributed by atoms with van der Waals surface area (Å²) in [6.45, 7) is 2.17. The lowest BCUT2D eigenvalue weighted by molar-refractivity contribution is 0.251. The van der Waals surface area contributed by atoms with E-state index in [1.807, 2.05) is 67.2 Å². The first-order chi connectivity index (χ1) is 13.2. The fourth-order valence-electron chi connectivity index (χ4n) is 2.56. The van der Waals surface area contributed by atoms with Crippen LogP contribution in [0.2, 0.25) is 0 Å². The van der Waals surface area contributed by atoms with Crippen LogP contribution in [0.5, 0.6) is 0 Å². The van der Waals surface area contributed by atoms with E-state index in [0.717, 1.165) is 29.0 Å². The first-order valence-corrected chi connectivity index (χ1v) is 10.1. The van der Waals surface area contributed by atoms with Gasteiger partial charge < -0.3 is 15.2 Å². The highest BCUT2D eigenvalue weighted by Gasteiger charge is 2.11. The number of aryl methyl sites for hydroxylation is 2. The van der Waals surface area contributed by atoms with Crippen LogP contribution in [0.4, 0.5) is 10.5 Å². The Labute approximate surface area is 162 Å². The van der Waals surface area contributed by atoms with Crippen LogP contribution in [0, 0.1) is 6.92 Å². The zero-order valence-electron chi connectivity index (χ0n) is 15.4. The van der Waals surface area contributed by atoms with Gasteiger partial charge in [-0.2, -0.15) is 16.7 Å². The standard InChI is InChI=1S/C20H22N4O2S/c1-14-5-3-4-6-17(14)19-23-18(24-26-19)13-21-20(25)22-16-9-7-15(8-10-16)11-12-27-2/h3-10H,11-13H2,1-2H3,(H2,21,22,25). The van der Waals surface area contributed by atoms with Crippen LogP contribution >= 0.6 is 11.8 Å². The van der Waals surface area contributed by atoms with Crippen molar-refractivity contribution in [2.24, 2.45) is 0 Å². The van der Waals surface area contributed by atoms with Crippen molar-refractivity contribution in [2.45, 2.75) is 19.9 Å². The van der Waals surface area contributed by atoms with Crippen molar-refractivity contribution < 1.29 is 9.32 Å². The van der Waals surface area contributed by atoms with Gasteiger partial charge in [-0.05, 0) is 54.7 Å². The van der Waals surface area contributed by atoms with Crippen LogP contribution in [0.25, 0.3) is 11.5 Å². The average molecular weight is 382 g/mol. The third-order valence-electron chi connectivity index (χ3n) is 4.06. The van der Waals surface area contributed by atoms with E-state index >= 15 is 0 Å². The molecular formula is C20H22N4O2S. The SMILES string of the molecule is CSCCc1ccc(NC(=O)NCc2noc(-c3ccccc3C)n2)cc1. The van der Waals surface area contributed by atoms with Crippen LogP contribution in [-0.2, 0) is 13.0 Å². The predicted molar refractivity (Wildman–Crippen MR) is 109 cm³/mol. The number of carbonyl (C=O) groups is 1. The van der Waals surface area contributed by atoms with Crippen LogP contribution in [0.1, 0.15) is 17.0 Å². The van der Waals surface area contributed by atoms with Gasteiger partial charge in [-0.15, -0.1) is 0 Å². The molecule has 0 aliphatic carbocycles. The monoisotopic (exact) mass is 382 g/mol. The minimum atomic E-state index is -0.311. The van der Waals surface area contributed by atoms with E-state index < -0.39 is 0 Å². The zero-order valence-corrected chi connectivity index (χ0v) is 16.2. The van der Waals surface area contributed by atoms with Crippen molar-refractivity contribution in [3.63, 3.8) is 0 Å². The second-order valence-electron chi connectivity index (χ2n) is 6.08. The van der Waals surface area contributed by atoms with Crippen molar-refractivity contribution in [1.82, 2.24) is 15.5 Å². The number of urea groups is 1. The minimum absolute atomic E-state index is 0.188. The Kier molecular flexibility index (Phi) is 6.49. The topological polar surface area (TPSA) is 80.0 Å². The number of amides is 2. The van der Waals surface area contributed by atoms with Gasteiger partial charge in [0.25, 0.3) is 5.89 Å². The molecule has 0 radical (unpaired) electrons. The third kappa shape index (κ3) is 5.34. The van der Waals surface area contributed by atoms with E-state index in [2.05, 4.69) is 27.0 Å². The summed E-state index contributed by atoms with van der Waals surface area (Å²) in [6.07, 6.45) is 3.11. The van der Waals surface area contributed by atoms with E-state index in [1.54, 1.807) is 0 Å². The average Bonchev–Trinajstić information content (AvgIpc) is 3.15. The van der Waals surface area contributed by atoms with Crippen LogP contribution < -0.4 is 10.6 Å². The lowest BCUT2D eigenvalue weighted by Gasteiger charge is -2.07. The number of anilines is 1. The Morgan fingerprint density at radius 2 is 1.93 bits per heavy atom. The fraction of sp³-hybridized carbons (Fsp3) is 0.250. The number of nitrogens with one attached hydrogen (secondary N) is 2. The normalized spacial score (nSPS) is 10.6. The Morgan fingerprint density at radius 1 is 1.15 bits per heavy atom. The Morgan fingerprint density at radius 3 is 2.67 bits per heavy atom. The molecule has 2 aromatic carbocycles. The van der Waals surface area contributed by atoms with Crippen molar-refractivity contribution in [3.8, 4) is 11.5 Å². The molecule has 7 heteroatoms. The summed E-state index contributed by atoms with van der Waals surface area (Å²) in [5.41, 5.74) is 3.95. The summed E-state index contributed by atoms with van der Waals surface area (Å²) in [5, 5.41) is 9.46. The maximum absolute atomic E-state index is 12.1. The Bertz CT molecular complexity index is 893. The van der Waals surface area contributed by atoms with Crippen LogP contribution in [0.3, 0.4) is 0 Å². The number of carbonyl (C=O) groups excluding carboxylic acids is 1. The minimum Gasteiger partial charge on any atom is -0.334 e. The van der Waals surface area contributed by atoms with Gasteiger partial charge in [0.1, 0.15) is 0 Å². The van der Waals surface area contributed by atoms with E-state index in [-0.39, 0.29) is 12.6 Å². The molecular weight excluding hydrogens is 360 g/mol. The number of nitrogens with zero attached hydrogens (tertiary/aromatic N) is 2. The molecule has 0 unspecified atom stereocenters. The summed E-state index contributed by atoms with van der Waals surface area (Å²) in [5.74, 6) is 1.96. The van der Waals surface area contributed by atoms with Gasteiger partial charge in [0, 0.05) is 11.3 Å². The first kappa shape index (κ1) is 19.0. The molecule has 0 bridgehead atoms. The van der Waals surface area contributed by atoms with E-state index in [4.69, 9.17) is 4.52 Å². The summed E-state index contributed by atoms with van der Waals surface area (Å²) < 4.78 is 5.29. The summed E-state index contributed by atoms with van der Waals surface area (Å²) >= 11 is 1.82. The van der Waals surface area contributed by atoms with Crippen molar-refractivity contribution >= 4 is 23.5 Å². The number of hydrogen-bond donors (Lipinski definition) is 2. The maximum atomic E-state index is 12.1. The summed E-state index contributed by atoms with van der Waals surface area (Å²) in [6, 6.07) is 15.3. The molecule has 3 aromatic rings. The molecule has 0 fully saturated rings. The van der Waals surface area contributed by atoms with Gasteiger partial charge in [0.15, 0.2) is 5.82 Å². The molecule has 6 nitrogen and oxygen atoms in total. The number of hydrogen-bond acceptors (Lipinski definition) is 5. The zero-order chi connectivity index (χ0) is 19.1. The van der Waals surface area contributed by atoms with Crippen molar-refractivity contribution in [3.05, 3.63) is 65.5 Å². The van der Waals surface area contributed by atoms with Crippen LogP contribution in [-0.4, -0.2) is 28.2 Å². The Hall–Kier alpha value is -2.80. The number of benzene rings is 2. The quantitative estimate of drug-likeness (QED) is 0.638. The van der Waals surface area contributed by atoms with Crippen LogP contribution in [0.15, 0.2) is 53.1 Å². The molecule has 2 N–H and O–H groups in total. The predicted octanol–water partition coefficient (Wildman–Crippen LogP) is 4.27. The van der Waals surface area contributed by atoms with Gasteiger partial charge >= 0.3 is 6.03 Å². The van der Waals surface area contributed by atoms with Gasteiger partial charge in [-0.1, -0.05) is 35.5 Å². The van der Waals surface area contributed by atoms with Gasteiger partial charge in [-0.3, -0.25) is 0 Å². The highest BCUT2D eigenvalue weighted by atomic mass is 32.2. The lowest BCUT2D eigenvalue weighted by Crippen LogP contribution is -2.28. The largest absolute Gasteiger partial charge is 0.334 e. The van der Waals surface area contributed by atoms with Crippen molar-refractivity contribution in [2.75, 3.05) is 17.3 Å². The number of thioether (sulfide) groups is 1. The molecule has 2 amide bonds. The molecule has 27 heavy (non-hydrogen) atoms. The summed E-state index contributed by atoms with van der Waals surface area (Å²) in [4.78, 5) is 16.4. The molecule has 0 aliphatic heterocycles. The fourth-order valence-corrected chi connectivity index (χ4v) is 3.00. The van der Waals surface area contributed by atoms with Crippen molar-refractivity contribution in [1.29, 1.82) is 0 Å². The molecule has 0 saturated heterocycles. The molecule has 0 aliphatic rings. The van der Waals surface area contributed by atoms with Gasteiger partial charge in [0.05, 0.1) is 6.54 Å². The van der Waals surface area contributed by atoms with E-state index in [9.17, 15) is 4.79 Å². The molecule has 3 rings (SSSR count). The highest BCUT2D eigenvalue weighted by Crippen LogP contribution is 2.20. The number of aromatic nitrogens is 2. The summed E-state index contributed by atoms with van der Waals surface area (Å²) in [7, 11) is 0. The molecule has 0 spiro atoms. The molecule has 1 heterocycles. The van der Waals surface area contributed by atoms with E-state index in [0.29, 0.717) is 11.7 Å². The maximum Gasteiger partial charge on any atom is 0.319 e. The first-order valence-electron chi connectivity index (χ1n) is 8.67. The highest BCUT2D eigenvalue weighted by molar-refractivity contribution is 7.98. The molecule has 140 valence electrons. The van der Waals surface area contributed by atoms with Gasteiger partial charge in [-0.25, -0.2) is 4.79 Å². The van der Waals surface area contributed by atoms with E-state index in [1.165, 1.54) is 5.56 Å².